The van der Waals surface area contributed by atoms with Crippen LogP contribution in [0.3, 0.4) is 0 Å². The Kier molecular flexibility index (Phi) is 3.54. The smallest absolute Gasteiger partial charge is 0.211 e. The first-order valence-electron chi connectivity index (χ1n) is 6.02. The van der Waals surface area contributed by atoms with Crippen molar-refractivity contribution in [2.75, 3.05) is 12.8 Å². The fourth-order valence-electron chi connectivity index (χ4n) is 2.42. The molecule has 94 valence electrons. The second kappa shape index (κ2) is 4.78. The first kappa shape index (κ1) is 12.6. The van der Waals surface area contributed by atoms with E-state index in [0.29, 0.717) is 6.54 Å². The van der Waals surface area contributed by atoms with Crippen molar-refractivity contribution < 1.29 is 8.42 Å². The summed E-state index contributed by atoms with van der Waals surface area (Å²) in [5, 5.41) is 0. The SMILES string of the molecule is Cc1ccc(C2CCCCN2S(C)(=O)=O)cc1. The Hall–Kier alpha value is -0.870. The van der Waals surface area contributed by atoms with Gasteiger partial charge >= 0.3 is 0 Å². The second-order valence-corrected chi connectivity index (χ2v) is 6.73. The van der Waals surface area contributed by atoms with Crippen molar-refractivity contribution in [3.63, 3.8) is 0 Å². The van der Waals surface area contributed by atoms with Gasteiger partial charge in [-0.15, -0.1) is 0 Å². The zero-order chi connectivity index (χ0) is 12.5. The van der Waals surface area contributed by atoms with E-state index in [4.69, 9.17) is 0 Å². The highest BCUT2D eigenvalue weighted by Gasteiger charge is 2.30. The van der Waals surface area contributed by atoms with Crippen LogP contribution in [-0.2, 0) is 10.0 Å². The molecule has 1 heterocycles. The molecule has 4 heteroatoms. The van der Waals surface area contributed by atoms with Crippen molar-refractivity contribution in [1.29, 1.82) is 0 Å². The first-order valence-corrected chi connectivity index (χ1v) is 7.87. The minimum Gasteiger partial charge on any atom is -0.212 e. The molecule has 1 aliphatic heterocycles. The fourth-order valence-corrected chi connectivity index (χ4v) is 3.57. The number of nitrogens with zero attached hydrogens (tertiary/aromatic N) is 1. The summed E-state index contributed by atoms with van der Waals surface area (Å²) >= 11 is 0. The average Bonchev–Trinajstić information content (AvgIpc) is 2.29. The topological polar surface area (TPSA) is 37.4 Å². The second-order valence-electron chi connectivity index (χ2n) is 4.80. The van der Waals surface area contributed by atoms with Crippen LogP contribution in [-0.4, -0.2) is 25.5 Å². The van der Waals surface area contributed by atoms with Gasteiger partial charge in [0.05, 0.1) is 6.26 Å². The molecule has 0 saturated carbocycles. The first-order chi connectivity index (χ1) is 7.98. The van der Waals surface area contributed by atoms with E-state index >= 15 is 0 Å². The highest BCUT2D eigenvalue weighted by Crippen LogP contribution is 2.32. The lowest BCUT2D eigenvalue weighted by Gasteiger charge is -2.34. The molecule has 0 radical (unpaired) electrons. The van der Waals surface area contributed by atoms with Gasteiger partial charge in [0.2, 0.25) is 10.0 Å². The van der Waals surface area contributed by atoms with Crippen LogP contribution in [0, 0.1) is 6.92 Å². The van der Waals surface area contributed by atoms with Crippen LogP contribution in [0.15, 0.2) is 24.3 Å². The molecule has 0 amide bonds. The fraction of sp³-hybridized carbons (Fsp3) is 0.538. The van der Waals surface area contributed by atoms with E-state index < -0.39 is 10.0 Å². The molecule has 0 N–H and O–H groups in total. The summed E-state index contributed by atoms with van der Waals surface area (Å²) in [6.07, 6.45) is 4.30. The van der Waals surface area contributed by atoms with Crippen LogP contribution in [0.4, 0.5) is 0 Å². The van der Waals surface area contributed by atoms with Crippen LogP contribution in [0.25, 0.3) is 0 Å². The largest absolute Gasteiger partial charge is 0.212 e. The van der Waals surface area contributed by atoms with Crippen LogP contribution in [0.5, 0.6) is 0 Å². The van der Waals surface area contributed by atoms with E-state index in [1.165, 1.54) is 11.8 Å². The van der Waals surface area contributed by atoms with Crippen molar-refractivity contribution in [3.05, 3.63) is 35.4 Å². The maximum Gasteiger partial charge on any atom is 0.211 e. The average molecular weight is 253 g/mol. The maximum atomic E-state index is 11.8. The Morgan fingerprint density at radius 3 is 2.41 bits per heavy atom. The number of rotatable bonds is 2. The monoisotopic (exact) mass is 253 g/mol. The molecular weight excluding hydrogens is 234 g/mol. The molecule has 3 nitrogen and oxygen atoms in total. The molecule has 2 rings (SSSR count). The third kappa shape index (κ3) is 2.87. The van der Waals surface area contributed by atoms with Gasteiger partial charge in [-0.2, -0.15) is 4.31 Å². The van der Waals surface area contributed by atoms with Gasteiger partial charge in [0.15, 0.2) is 0 Å². The molecule has 0 spiro atoms. The maximum absolute atomic E-state index is 11.8. The molecule has 1 saturated heterocycles. The minimum atomic E-state index is -3.10. The molecule has 1 aromatic rings. The lowest BCUT2D eigenvalue weighted by atomic mass is 9.97. The highest BCUT2D eigenvalue weighted by atomic mass is 32.2. The molecule has 0 bridgehead atoms. The Bertz CT molecular complexity index is 479. The summed E-state index contributed by atoms with van der Waals surface area (Å²) in [4.78, 5) is 0. The van der Waals surface area contributed by atoms with Gasteiger partial charge in [0, 0.05) is 12.6 Å². The number of hydrogen-bond acceptors (Lipinski definition) is 2. The van der Waals surface area contributed by atoms with E-state index in [2.05, 4.69) is 0 Å². The number of sulfonamides is 1. The van der Waals surface area contributed by atoms with Gasteiger partial charge in [-0.1, -0.05) is 36.2 Å². The Morgan fingerprint density at radius 1 is 1.18 bits per heavy atom. The summed E-state index contributed by atoms with van der Waals surface area (Å²) in [5.74, 6) is 0. The van der Waals surface area contributed by atoms with Crippen molar-refractivity contribution in [3.8, 4) is 0 Å². The van der Waals surface area contributed by atoms with Gasteiger partial charge in [-0.05, 0) is 25.3 Å². The predicted octanol–water partition coefficient (Wildman–Crippen LogP) is 2.48. The molecule has 17 heavy (non-hydrogen) atoms. The van der Waals surface area contributed by atoms with Crippen molar-refractivity contribution in [2.45, 2.75) is 32.2 Å². The Morgan fingerprint density at radius 2 is 1.82 bits per heavy atom. The van der Waals surface area contributed by atoms with E-state index in [-0.39, 0.29) is 6.04 Å². The van der Waals surface area contributed by atoms with E-state index in [0.717, 1.165) is 24.8 Å². The van der Waals surface area contributed by atoms with Gasteiger partial charge in [-0.3, -0.25) is 0 Å². The zero-order valence-corrected chi connectivity index (χ0v) is 11.2. The molecule has 1 fully saturated rings. The quantitative estimate of drug-likeness (QED) is 0.812. The molecule has 0 aliphatic carbocycles. The zero-order valence-electron chi connectivity index (χ0n) is 10.4. The molecule has 1 aromatic carbocycles. The number of aryl methyl sites for hydroxylation is 1. The summed E-state index contributed by atoms with van der Waals surface area (Å²) in [5.41, 5.74) is 2.32. The van der Waals surface area contributed by atoms with Gasteiger partial charge in [-0.25, -0.2) is 8.42 Å². The third-order valence-electron chi connectivity index (χ3n) is 3.34. The van der Waals surface area contributed by atoms with E-state index in [1.807, 2.05) is 31.2 Å². The number of piperidine rings is 1. The van der Waals surface area contributed by atoms with E-state index in [1.54, 1.807) is 4.31 Å². The third-order valence-corrected chi connectivity index (χ3v) is 4.63. The van der Waals surface area contributed by atoms with Gasteiger partial charge in [0.1, 0.15) is 0 Å². The number of hydrogen-bond donors (Lipinski definition) is 0. The van der Waals surface area contributed by atoms with Crippen molar-refractivity contribution in [2.24, 2.45) is 0 Å². The standard InChI is InChI=1S/C13H19NO2S/c1-11-6-8-12(9-7-11)13-5-3-4-10-14(13)17(2,15)16/h6-9,13H,3-5,10H2,1-2H3. The summed E-state index contributed by atoms with van der Waals surface area (Å²) in [6, 6.07) is 8.21. The predicted molar refractivity (Wildman–Crippen MR) is 69.3 cm³/mol. The van der Waals surface area contributed by atoms with E-state index in [9.17, 15) is 8.42 Å². The Balaban J connectivity index is 2.31. The minimum absolute atomic E-state index is 0.0272. The molecule has 0 aromatic heterocycles. The summed E-state index contributed by atoms with van der Waals surface area (Å²) < 4.78 is 25.2. The van der Waals surface area contributed by atoms with Gasteiger partial charge in [0.25, 0.3) is 0 Å². The lowest BCUT2D eigenvalue weighted by Crippen LogP contribution is -2.37. The highest BCUT2D eigenvalue weighted by molar-refractivity contribution is 7.88. The molecule has 1 unspecified atom stereocenters. The Labute approximate surface area is 104 Å². The molecule has 1 atom stereocenters. The van der Waals surface area contributed by atoms with Crippen molar-refractivity contribution in [1.82, 2.24) is 4.31 Å². The van der Waals surface area contributed by atoms with Crippen LogP contribution >= 0.6 is 0 Å². The van der Waals surface area contributed by atoms with Crippen LogP contribution < -0.4 is 0 Å². The molecular formula is C13H19NO2S. The van der Waals surface area contributed by atoms with Gasteiger partial charge < -0.3 is 0 Å². The summed E-state index contributed by atoms with van der Waals surface area (Å²) in [6.45, 7) is 2.69. The molecule has 1 aliphatic rings. The number of benzene rings is 1. The lowest BCUT2D eigenvalue weighted by molar-refractivity contribution is 0.257. The summed E-state index contributed by atoms with van der Waals surface area (Å²) in [7, 11) is -3.10. The normalized spacial score (nSPS) is 22.6. The van der Waals surface area contributed by atoms with Crippen LogP contribution in [0.2, 0.25) is 0 Å². The van der Waals surface area contributed by atoms with Crippen LogP contribution in [0.1, 0.15) is 36.4 Å². The van der Waals surface area contributed by atoms with Crippen molar-refractivity contribution >= 4 is 10.0 Å².